The lowest BCUT2D eigenvalue weighted by Gasteiger charge is -2.04. The molecule has 1 atom stereocenters. The van der Waals surface area contributed by atoms with Crippen LogP contribution >= 0.6 is 0 Å². The Hall–Kier alpha value is -1.36. The zero-order valence-electron chi connectivity index (χ0n) is 8.16. The minimum atomic E-state index is -0.423. The van der Waals surface area contributed by atoms with E-state index in [2.05, 4.69) is 15.3 Å². The molecule has 0 fully saturated rings. The average Bonchev–Trinajstić information content (AvgIpc) is 2.63. The second-order valence-corrected chi connectivity index (χ2v) is 3.24. The van der Waals surface area contributed by atoms with Crippen molar-refractivity contribution in [3.05, 3.63) is 18.2 Å². The van der Waals surface area contributed by atoms with Gasteiger partial charge in [-0.1, -0.05) is 0 Å². The summed E-state index contributed by atoms with van der Waals surface area (Å²) in [5, 5.41) is 11.7. The minimum Gasteiger partial charge on any atom is -0.393 e. The number of imidazole rings is 1. The van der Waals surface area contributed by atoms with E-state index in [1.807, 2.05) is 0 Å². The first-order valence-electron chi connectivity index (χ1n) is 4.60. The summed E-state index contributed by atoms with van der Waals surface area (Å²) < 4.78 is 0. The third kappa shape index (κ3) is 4.04. The molecule has 1 unspecified atom stereocenters. The van der Waals surface area contributed by atoms with Crippen LogP contribution in [-0.4, -0.2) is 27.1 Å². The van der Waals surface area contributed by atoms with Crippen LogP contribution < -0.4 is 5.32 Å². The Morgan fingerprint density at radius 2 is 2.57 bits per heavy atom. The summed E-state index contributed by atoms with van der Waals surface area (Å²) >= 11 is 0. The number of carbonyl (C=O) groups is 1. The predicted molar refractivity (Wildman–Crippen MR) is 51.3 cm³/mol. The van der Waals surface area contributed by atoms with Crippen molar-refractivity contribution in [2.75, 3.05) is 0 Å². The molecule has 0 aliphatic rings. The highest BCUT2D eigenvalue weighted by Gasteiger charge is 2.03. The molecule has 0 bridgehead atoms. The number of hydrogen-bond donors (Lipinski definition) is 3. The summed E-state index contributed by atoms with van der Waals surface area (Å²) in [6.07, 6.45) is 3.65. The van der Waals surface area contributed by atoms with Crippen molar-refractivity contribution >= 4 is 5.91 Å². The van der Waals surface area contributed by atoms with Crippen molar-refractivity contribution in [1.29, 1.82) is 0 Å². The number of nitrogens with one attached hydrogen (secondary N) is 2. The largest absolute Gasteiger partial charge is 0.393 e. The highest BCUT2D eigenvalue weighted by molar-refractivity contribution is 5.75. The molecule has 0 aliphatic carbocycles. The Bertz CT molecular complexity index is 270. The van der Waals surface area contributed by atoms with Gasteiger partial charge in [0.05, 0.1) is 24.7 Å². The lowest BCUT2D eigenvalue weighted by Crippen LogP contribution is -2.23. The van der Waals surface area contributed by atoms with Gasteiger partial charge in [-0.3, -0.25) is 4.79 Å². The molecular weight excluding hydrogens is 182 g/mol. The number of hydrogen-bond acceptors (Lipinski definition) is 3. The minimum absolute atomic E-state index is 0.0551. The van der Waals surface area contributed by atoms with Gasteiger partial charge in [0.25, 0.3) is 0 Å². The third-order valence-corrected chi connectivity index (χ3v) is 1.82. The molecule has 1 rings (SSSR count). The Morgan fingerprint density at radius 3 is 3.14 bits per heavy atom. The van der Waals surface area contributed by atoms with E-state index in [0.29, 0.717) is 19.4 Å². The summed E-state index contributed by atoms with van der Waals surface area (Å²) in [7, 11) is 0. The molecule has 0 aliphatic heterocycles. The van der Waals surface area contributed by atoms with Crippen LogP contribution in [0.5, 0.6) is 0 Å². The Balaban J connectivity index is 2.15. The van der Waals surface area contributed by atoms with Crippen molar-refractivity contribution in [1.82, 2.24) is 15.3 Å². The molecule has 5 heteroatoms. The van der Waals surface area contributed by atoms with Gasteiger partial charge in [-0.25, -0.2) is 4.98 Å². The third-order valence-electron chi connectivity index (χ3n) is 1.82. The maximum atomic E-state index is 11.2. The Kier molecular flexibility index (Phi) is 4.12. The number of aliphatic hydroxyl groups excluding tert-OH is 1. The first-order chi connectivity index (χ1) is 6.68. The van der Waals surface area contributed by atoms with Gasteiger partial charge in [-0.05, 0) is 13.3 Å². The van der Waals surface area contributed by atoms with E-state index < -0.39 is 6.10 Å². The Labute approximate surface area is 82.6 Å². The van der Waals surface area contributed by atoms with Crippen molar-refractivity contribution < 1.29 is 9.90 Å². The van der Waals surface area contributed by atoms with E-state index in [1.54, 1.807) is 19.4 Å². The molecule has 3 N–H and O–H groups in total. The molecule has 0 spiro atoms. The summed E-state index contributed by atoms with van der Waals surface area (Å²) in [6.45, 7) is 2.13. The first kappa shape index (κ1) is 10.7. The predicted octanol–water partition coefficient (Wildman–Crippen LogP) is 0.187. The SMILES string of the molecule is CC(O)CCC(=O)NCc1cnc[nH]1. The fraction of sp³-hybridized carbons (Fsp3) is 0.556. The summed E-state index contributed by atoms with van der Waals surface area (Å²) in [6, 6.07) is 0. The molecule has 1 aromatic rings. The maximum Gasteiger partial charge on any atom is 0.220 e. The van der Waals surface area contributed by atoms with Crippen molar-refractivity contribution in [3.8, 4) is 0 Å². The van der Waals surface area contributed by atoms with Crippen LogP contribution in [-0.2, 0) is 11.3 Å². The van der Waals surface area contributed by atoms with E-state index in [1.165, 1.54) is 0 Å². The number of amides is 1. The molecule has 78 valence electrons. The molecule has 1 amide bonds. The highest BCUT2D eigenvalue weighted by Crippen LogP contribution is 1.96. The average molecular weight is 197 g/mol. The summed E-state index contributed by atoms with van der Waals surface area (Å²) in [5.74, 6) is -0.0551. The fourth-order valence-corrected chi connectivity index (χ4v) is 1.00. The monoisotopic (exact) mass is 197 g/mol. The lowest BCUT2D eigenvalue weighted by atomic mass is 10.2. The van der Waals surface area contributed by atoms with Gasteiger partial charge in [0.2, 0.25) is 5.91 Å². The van der Waals surface area contributed by atoms with Crippen molar-refractivity contribution in [3.63, 3.8) is 0 Å². The zero-order chi connectivity index (χ0) is 10.4. The van der Waals surface area contributed by atoms with E-state index in [0.717, 1.165) is 5.69 Å². The highest BCUT2D eigenvalue weighted by atomic mass is 16.3. The number of rotatable bonds is 5. The lowest BCUT2D eigenvalue weighted by molar-refractivity contribution is -0.121. The molecule has 1 heterocycles. The maximum absolute atomic E-state index is 11.2. The number of aromatic amines is 1. The van der Waals surface area contributed by atoms with Gasteiger partial charge in [0, 0.05) is 12.6 Å². The van der Waals surface area contributed by atoms with Gasteiger partial charge in [-0.2, -0.15) is 0 Å². The van der Waals surface area contributed by atoms with Crippen LogP contribution in [0.2, 0.25) is 0 Å². The first-order valence-corrected chi connectivity index (χ1v) is 4.60. The van der Waals surface area contributed by atoms with Gasteiger partial charge in [0.1, 0.15) is 0 Å². The smallest absolute Gasteiger partial charge is 0.220 e. The number of H-pyrrole nitrogens is 1. The van der Waals surface area contributed by atoms with Gasteiger partial charge in [0.15, 0.2) is 0 Å². The van der Waals surface area contributed by atoms with Crippen LogP contribution in [0.15, 0.2) is 12.5 Å². The molecule has 0 aromatic carbocycles. The van der Waals surface area contributed by atoms with Crippen LogP contribution in [0.1, 0.15) is 25.5 Å². The summed E-state index contributed by atoms with van der Waals surface area (Å²) in [5.41, 5.74) is 0.871. The Morgan fingerprint density at radius 1 is 1.79 bits per heavy atom. The van der Waals surface area contributed by atoms with Crippen LogP contribution in [0.4, 0.5) is 0 Å². The molecule has 5 nitrogen and oxygen atoms in total. The molecule has 1 aromatic heterocycles. The van der Waals surface area contributed by atoms with Crippen LogP contribution in [0, 0.1) is 0 Å². The van der Waals surface area contributed by atoms with E-state index >= 15 is 0 Å². The van der Waals surface area contributed by atoms with E-state index in [-0.39, 0.29) is 5.91 Å². The van der Waals surface area contributed by atoms with Crippen LogP contribution in [0.25, 0.3) is 0 Å². The quantitative estimate of drug-likeness (QED) is 0.630. The molecule has 0 saturated carbocycles. The van der Waals surface area contributed by atoms with Crippen LogP contribution in [0.3, 0.4) is 0 Å². The normalized spacial score (nSPS) is 12.4. The standard InChI is InChI=1S/C9H15N3O2/c1-7(13)2-3-9(14)11-5-8-4-10-6-12-8/h4,6-7,13H,2-3,5H2,1H3,(H,10,12)(H,11,14). The second kappa shape index (κ2) is 5.39. The van der Waals surface area contributed by atoms with Gasteiger partial charge < -0.3 is 15.4 Å². The number of aliphatic hydroxyl groups is 1. The second-order valence-electron chi connectivity index (χ2n) is 3.24. The zero-order valence-corrected chi connectivity index (χ0v) is 8.16. The van der Waals surface area contributed by atoms with E-state index in [4.69, 9.17) is 5.11 Å². The van der Waals surface area contributed by atoms with Gasteiger partial charge >= 0.3 is 0 Å². The fourth-order valence-electron chi connectivity index (χ4n) is 1.00. The number of nitrogens with zero attached hydrogens (tertiary/aromatic N) is 1. The molecule has 14 heavy (non-hydrogen) atoms. The molecular formula is C9H15N3O2. The number of aromatic nitrogens is 2. The van der Waals surface area contributed by atoms with E-state index in [9.17, 15) is 4.79 Å². The topological polar surface area (TPSA) is 78.0 Å². The van der Waals surface area contributed by atoms with Crippen molar-refractivity contribution in [2.45, 2.75) is 32.4 Å². The van der Waals surface area contributed by atoms with Crippen molar-refractivity contribution in [2.24, 2.45) is 0 Å². The molecule has 0 saturated heterocycles. The summed E-state index contributed by atoms with van der Waals surface area (Å²) in [4.78, 5) is 17.9. The number of carbonyl (C=O) groups excluding carboxylic acids is 1. The van der Waals surface area contributed by atoms with Gasteiger partial charge in [-0.15, -0.1) is 0 Å². The molecule has 0 radical (unpaired) electrons.